The zero-order chi connectivity index (χ0) is 23.7. The summed E-state index contributed by atoms with van der Waals surface area (Å²) < 4.78 is 1.40. The highest BCUT2D eigenvalue weighted by atomic mass is 16.3. The van der Waals surface area contributed by atoms with Gasteiger partial charge in [-0.1, -0.05) is 36.4 Å². The minimum Gasteiger partial charge on any atom is -0.507 e. The predicted molar refractivity (Wildman–Crippen MR) is 127 cm³/mol. The first-order valence-corrected chi connectivity index (χ1v) is 10.3. The summed E-state index contributed by atoms with van der Waals surface area (Å²) >= 11 is 0. The van der Waals surface area contributed by atoms with Gasteiger partial charge >= 0.3 is 0 Å². The molecule has 0 unspecified atom stereocenters. The fourth-order valence-corrected chi connectivity index (χ4v) is 3.57. The van der Waals surface area contributed by atoms with Crippen LogP contribution >= 0.6 is 0 Å². The lowest BCUT2D eigenvalue weighted by molar-refractivity contribution is 0.100. The molecular formula is C25H23N5O3. The molecule has 0 saturated carbocycles. The van der Waals surface area contributed by atoms with Crippen molar-refractivity contribution in [3.8, 4) is 22.6 Å². The Hall–Kier alpha value is -4.46. The number of rotatable bonds is 5. The first kappa shape index (κ1) is 21.8. The number of amides is 1. The minimum atomic E-state index is -0.695. The molecule has 166 valence electrons. The molecular weight excluding hydrogens is 418 g/mol. The number of nitrogens with one attached hydrogen (secondary N) is 1. The number of aromatic amines is 1. The van der Waals surface area contributed by atoms with E-state index in [4.69, 9.17) is 5.73 Å². The highest BCUT2D eigenvalue weighted by molar-refractivity contribution is 6.01. The number of aryl methyl sites for hydroxylation is 3. The molecule has 0 spiro atoms. The summed E-state index contributed by atoms with van der Waals surface area (Å²) in [5, 5.41) is 21.8. The number of aromatic nitrogens is 2. The van der Waals surface area contributed by atoms with Gasteiger partial charge in [0, 0.05) is 11.1 Å². The highest BCUT2D eigenvalue weighted by Crippen LogP contribution is 2.38. The average Bonchev–Trinajstić information content (AvgIpc) is 3.07. The van der Waals surface area contributed by atoms with Gasteiger partial charge in [-0.2, -0.15) is 0 Å². The average molecular weight is 441 g/mol. The number of azo groups is 1. The van der Waals surface area contributed by atoms with Gasteiger partial charge in [0.2, 0.25) is 0 Å². The Bertz CT molecular complexity index is 1460. The zero-order valence-corrected chi connectivity index (χ0v) is 18.5. The molecule has 0 aliphatic heterocycles. The van der Waals surface area contributed by atoms with E-state index in [2.05, 4.69) is 15.3 Å². The monoisotopic (exact) mass is 441 g/mol. The van der Waals surface area contributed by atoms with Crippen LogP contribution in [0.15, 0.2) is 75.7 Å². The summed E-state index contributed by atoms with van der Waals surface area (Å²) in [6.07, 6.45) is 0. The van der Waals surface area contributed by atoms with E-state index in [0.29, 0.717) is 22.5 Å². The van der Waals surface area contributed by atoms with Crippen LogP contribution in [0.5, 0.6) is 5.75 Å². The number of benzene rings is 3. The van der Waals surface area contributed by atoms with Crippen molar-refractivity contribution in [1.29, 1.82) is 0 Å². The molecule has 33 heavy (non-hydrogen) atoms. The van der Waals surface area contributed by atoms with E-state index >= 15 is 0 Å². The topological polar surface area (TPSA) is 126 Å². The van der Waals surface area contributed by atoms with Crippen LogP contribution in [0.3, 0.4) is 0 Å². The van der Waals surface area contributed by atoms with Crippen LogP contribution in [0.4, 0.5) is 11.4 Å². The second-order valence-corrected chi connectivity index (χ2v) is 7.78. The summed E-state index contributed by atoms with van der Waals surface area (Å²) in [4.78, 5) is 25.2. The summed E-state index contributed by atoms with van der Waals surface area (Å²) in [5.41, 5.74) is 9.89. The SMILES string of the molecule is Cc1ccc(-n2[nH]c(C)c(N=Nc3c(C(N)=O)cccc3-c3ccccc3O)c2=O)cc1C. The molecule has 0 saturated heterocycles. The Morgan fingerprint density at radius 3 is 2.30 bits per heavy atom. The fraction of sp³-hybridized carbons (Fsp3) is 0.120. The van der Waals surface area contributed by atoms with Gasteiger partial charge in [0.15, 0.2) is 5.69 Å². The lowest BCUT2D eigenvalue weighted by Gasteiger charge is -2.10. The number of phenols is 1. The molecule has 1 amide bonds. The maximum Gasteiger partial charge on any atom is 0.299 e. The normalized spacial score (nSPS) is 11.2. The van der Waals surface area contributed by atoms with E-state index in [1.165, 1.54) is 16.8 Å². The van der Waals surface area contributed by atoms with Gasteiger partial charge in [0.1, 0.15) is 11.4 Å². The summed E-state index contributed by atoms with van der Waals surface area (Å²) in [6, 6.07) is 17.2. The molecule has 4 N–H and O–H groups in total. The number of H-pyrrole nitrogens is 1. The Balaban J connectivity index is 1.84. The molecule has 1 heterocycles. The zero-order valence-electron chi connectivity index (χ0n) is 18.5. The van der Waals surface area contributed by atoms with Gasteiger partial charge in [-0.25, -0.2) is 4.68 Å². The van der Waals surface area contributed by atoms with Crippen molar-refractivity contribution >= 4 is 17.3 Å². The summed E-state index contributed by atoms with van der Waals surface area (Å²) in [7, 11) is 0. The third kappa shape index (κ3) is 4.06. The van der Waals surface area contributed by atoms with Crippen molar-refractivity contribution < 1.29 is 9.90 Å². The van der Waals surface area contributed by atoms with Crippen molar-refractivity contribution in [2.24, 2.45) is 16.0 Å². The third-order valence-electron chi connectivity index (χ3n) is 5.53. The molecule has 4 aromatic rings. The molecule has 0 fully saturated rings. The lowest BCUT2D eigenvalue weighted by atomic mass is 9.99. The van der Waals surface area contributed by atoms with Crippen LogP contribution in [0.2, 0.25) is 0 Å². The fourth-order valence-electron chi connectivity index (χ4n) is 3.57. The van der Waals surface area contributed by atoms with Crippen molar-refractivity contribution in [2.75, 3.05) is 0 Å². The number of hydrogen-bond acceptors (Lipinski definition) is 5. The number of primary amides is 1. The Labute approximate surface area is 190 Å². The number of carbonyl (C=O) groups excluding carboxylic acids is 1. The molecule has 8 heteroatoms. The highest BCUT2D eigenvalue weighted by Gasteiger charge is 2.18. The van der Waals surface area contributed by atoms with E-state index < -0.39 is 5.91 Å². The second-order valence-electron chi connectivity index (χ2n) is 7.78. The number of phenolic OH excluding ortho intramolecular Hbond substituents is 1. The molecule has 0 aliphatic carbocycles. The van der Waals surface area contributed by atoms with E-state index in [1.54, 1.807) is 37.3 Å². The molecule has 0 atom stereocenters. The van der Waals surface area contributed by atoms with Crippen LogP contribution in [0.25, 0.3) is 16.8 Å². The Kier molecular flexibility index (Phi) is 5.66. The van der Waals surface area contributed by atoms with Crippen LogP contribution in [0, 0.1) is 20.8 Å². The molecule has 0 aliphatic rings. The first-order chi connectivity index (χ1) is 15.8. The molecule has 8 nitrogen and oxygen atoms in total. The van der Waals surface area contributed by atoms with Gasteiger partial charge in [-0.15, -0.1) is 10.2 Å². The second kappa shape index (κ2) is 8.58. The smallest absolute Gasteiger partial charge is 0.299 e. The van der Waals surface area contributed by atoms with Gasteiger partial charge < -0.3 is 10.8 Å². The van der Waals surface area contributed by atoms with Gasteiger partial charge in [-0.05, 0) is 56.2 Å². The number of para-hydroxylation sites is 1. The largest absolute Gasteiger partial charge is 0.507 e. The van der Waals surface area contributed by atoms with Crippen molar-refractivity contribution in [3.63, 3.8) is 0 Å². The summed E-state index contributed by atoms with van der Waals surface area (Å²) in [6.45, 7) is 5.69. The van der Waals surface area contributed by atoms with Crippen LogP contribution in [-0.2, 0) is 0 Å². The van der Waals surface area contributed by atoms with E-state index in [1.807, 2.05) is 32.0 Å². The maximum atomic E-state index is 13.1. The van der Waals surface area contributed by atoms with Crippen molar-refractivity contribution in [1.82, 2.24) is 9.78 Å². The Morgan fingerprint density at radius 1 is 0.909 bits per heavy atom. The van der Waals surface area contributed by atoms with Crippen LogP contribution in [0.1, 0.15) is 27.2 Å². The predicted octanol–water partition coefficient (Wildman–Crippen LogP) is 4.98. The van der Waals surface area contributed by atoms with Crippen molar-refractivity contribution in [3.05, 3.63) is 93.4 Å². The van der Waals surface area contributed by atoms with Crippen LogP contribution in [-0.4, -0.2) is 20.8 Å². The standard InChI is InChI=1S/C25H23N5O3/c1-14-11-12-17(13-15(14)2)30-25(33)22(16(3)29-30)27-28-23-19(8-6-9-20(23)24(26)32)18-7-4-5-10-21(18)31/h4-13,29,31H,1-3H3,(H2,26,32). The van der Waals surface area contributed by atoms with E-state index in [9.17, 15) is 14.7 Å². The summed E-state index contributed by atoms with van der Waals surface area (Å²) in [5.74, 6) is -0.676. The van der Waals surface area contributed by atoms with E-state index in [0.717, 1.165) is 11.1 Å². The van der Waals surface area contributed by atoms with Crippen LogP contribution < -0.4 is 11.3 Å². The molecule has 1 aromatic heterocycles. The van der Waals surface area contributed by atoms with Gasteiger partial charge in [-0.3, -0.25) is 14.7 Å². The molecule has 4 rings (SSSR count). The number of hydrogen-bond donors (Lipinski definition) is 3. The number of aromatic hydroxyl groups is 1. The quantitative estimate of drug-likeness (QED) is 0.378. The number of carbonyl (C=O) groups is 1. The molecule has 0 bridgehead atoms. The Morgan fingerprint density at radius 2 is 1.61 bits per heavy atom. The maximum absolute atomic E-state index is 13.1. The third-order valence-corrected chi connectivity index (χ3v) is 5.53. The van der Waals surface area contributed by atoms with Gasteiger partial charge in [0.25, 0.3) is 11.5 Å². The van der Waals surface area contributed by atoms with Crippen molar-refractivity contribution in [2.45, 2.75) is 20.8 Å². The lowest BCUT2D eigenvalue weighted by Crippen LogP contribution is -2.14. The number of nitrogens with zero attached hydrogens (tertiary/aromatic N) is 3. The van der Waals surface area contributed by atoms with Gasteiger partial charge in [0.05, 0.1) is 16.9 Å². The minimum absolute atomic E-state index is 0.0190. The number of nitrogens with two attached hydrogens (primary N) is 1. The molecule has 0 radical (unpaired) electrons. The molecule has 3 aromatic carbocycles. The van der Waals surface area contributed by atoms with E-state index in [-0.39, 0.29) is 28.2 Å². The first-order valence-electron chi connectivity index (χ1n) is 10.3.